The summed E-state index contributed by atoms with van der Waals surface area (Å²) in [5.41, 5.74) is 2.30. The summed E-state index contributed by atoms with van der Waals surface area (Å²) in [7, 11) is -3.71. The summed E-state index contributed by atoms with van der Waals surface area (Å²) in [5, 5.41) is 0. The lowest BCUT2D eigenvalue weighted by Crippen LogP contribution is -2.24. The van der Waals surface area contributed by atoms with Gasteiger partial charge in [-0.15, -0.1) is 0 Å². The first kappa shape index (κ1) is 16.5. The molecule has 0 amide bonds. The van der Waals surface area contributed by atoms with E-state index in [0.29, 0.717) is 17.6 Å². The van der Waals surface area contributed by atoms with Crippen LogP contribution in [0.5, 0.6) is 0 Å². The van der Waals surface area contributed by atoms with Gasteiger partial charge in [0.15, 0.2) is 5.58 Å². The topological polar surface area (TPSA) is 81.3 Å². The number of rotatable bonds is 5. The maximum absolute atomic E-state index is 12.6. The largest absolute Gasteiger partial charge is 0.419 e. The van der Waals surface area contributed by atoms with E-state index in [1.165, 1.54) is 10.6 Å². The number of aromatic nitrogens is 1. The van der Waals surface area contributed by atoms with Gasteiger partial charge in [-0.05, 0) is 31.0 Å². The van der Waals surface area contributed by atoms with Crippen molar-refractivity contribution < 1.29 is 12.8 Å². The summed E-state index contributed by atoms with van der Waals surface area (Å²) in [4.78, 5) is 11.9. The molecule has 1 N–H and O–H groups in total. The minimum Gasteiger partial charge on any atom is -0.408 e. The number of sulfonamides is 1. The molecule has 0 aliphatic heterocycles. The Kier molecular flexibility index (Phi) is 4.29. The van der Waals surface area contributed by atoms with Crippen LogP contribution in [0.25, 0.3) is 11.1 Å². The Morgan fingerprint density at radius 3 is 2.54 bits per heavy atom. The molecule has 6 nitrogen and oxygen atoms in total. The van der Waals surface area contributed by atoms with Crippen molar-refractivity contribution in [3.63, 3.8) is 0 Å². The van der Waals surface area contributed by atoms with Gasteiger partial charge in [-0.25, -0.2) is 17.9 Å². The predicted molar refractivity (Wildman–Crippen MR) is 91.4 cm³/mol. The fourth-order valence-corrected chi connectivity index (χ4v) is 3.89. The average molecular weight is 346 g/mol. The quantitative estimate of drug-likeness (QED) is 0.769. The van der Waals surface area contributed by atoms with E-state index >= 15 is 0 Å². The van der Waals surface area contributed by atoms with E-state index in [9.17, 15) is 13.2 Å². The molecule has 1 aromatic heterocycles. The molecular formula is C17H18N2O4S. The second-order valence-electron chi connectivity index (χ2n) is 5.51. The van der Waals surface area contributed by atoms with E-state index in [2.05, 4.69) is 4.72 Å². The summed E-state index contributed by atoms with van der Waals surface area (Å²) >= 11 is 0. The molecule has 126 valence electrons. The first-order valence-electron chi connectivity index (χ1n) is 7.60. The molecule has 2 aromatic carbocycles. The Balaban J connectivity index is 1.98. The van der Waals surface area contributed by atoms with Gasteiger partial charge in [0.25, 0.3) is 0 Å². The number of hydrogen-bond donors (Lipinski definition) is 1. The Bertz CT molecular complexity index is 1030. The summed E-state index contributed by atoms with van der Waals surface area (Å²) in [6.45, 7) is 4.19. The number of fused-ring (bicyclic) bond motifs is 1. The van der Waals surface area contributed by atoms with Crippen LogP contribution in [-0.4, -0.2) is 13.0 Å². The standard InChI is InChI=1S/C17H18N2O4S/c1-3-19-14-9-12(2)16(10-15(14)23-17(19)20)24(21,22)18-11-13-7-5-4-6-8-13/h4-10,18H,3,11H2,1-2H3. The van der Waals surface area contributed by atoms with Crippen molar-refractivity contribution in [3.8, 4) is 0 Å². The number of nitrogens with one attached hydrogen (secondary N) is 1. The highest BCUT2D eigenvalue weighted by Gasteiger charge is 2.20. The van der Waals surface area contributed by atoms with Gasteiger partial charge < -0.3 is 4.42 Å². The lowest BCUT2D eigenvalue weighted by Gasteiger charge is -2.10. The molecule has 1 heterocycles. The maximum atomic E-state index is 12.6. The van der Waals surface area contributed by atoms with Crippen LogP contribution in [0.3, 0.4) is 0 Å². The molecule has 0 fully saturated rings. The predicted octanol–water partition coefficient (Wildman–Crippen LogP) is 2.40. The van der Waals surface area contributed by atoms with Gasteiger partial charge in [-0.3, -0.25) is 4.57 Å². The Labute approximate surface area is 139 Å². The highest BCUT2D eigenvalue weighted by molar-refractivity contribution is 7.89. The van der Waals surface area contributed by atoms with Gasteiger partial charge in [-0.1, -0.05) is 30.3 Å². The molecule has 3 rings (SSSR count). The lowest BCUT2D eigenvalue weighted by atomic mass is 10.2. The molecule has 0 aliphatic rings. The van der Waals surface area contributed by atoms with Crippen molar-refractivity contribution in [2.45, 2.75) is 31.8 Å². The van der Waals surface area contributed by atoms with E-state index < -0.39 is 15.8 Å². The fraction of sp³-hybridized carbons (Fsp3) is 0.235. The number of nitrogens with zero attached hydrogens (tertiary/aromatic N) is 1. The molecule has 0 bridgehead atoms. The molecular weight excluding hydrogens is 328 g/mol. The van der Waals surface area contributed by atoms with Crippen molar-refractivity contribution in [2.24, 2.45) is 0 Å². The van der Waals surface area contributed by atoms with Crippen LogP contribution in [0, 0.1) is 6.92 Å². The van der Waals surface area contributed by atoms with Crippen LogP contribution in [0.4, 0.5) is 0 Å². The first-order chi connectivity index (χ1) is 11.4. The number of benzene rings is 2. The number of oxazole rings is 1. The zero-order chi connectivity index (χ0) is 17.3. The molecule has 0 aliphatic carbocycles. The molecule has 0 spiro atoms. The van der Waals surface area contributed by atoms with Gasteiger partial charge in [0.1, 0.15) is 0 Å². The third-order valence-electron chi connectivity index (χ3n) is 3.88. The molecule has 0 saturated carbocycles. The van der Waals surface area contributed by atoms with Crippen LogP contribution < -0.4 is 10.5 Å². The Morgan fingerprint density at radius 2 is 1.88 bits per heavy atom. The van der Waals surface area contributed by atoms with Crippen molar-refractivity contribution in [1.82, 2.24) is 9.29 Å². The van der Waals surface area contributed by atoms with E-state index in [-0.39, 0.29) is 17.0 Å². The molecule has 0 radical (unpaired) electrons. The summed E-state index contributed by atoms with van der Waals surface area (Å²) in [6.07, 6.45) is 0. The van der Waals surface area contributed by atoms with E-state index in [1.807, 2.05) is 37.3 Å². The maximum Gasteiger partial charge on any atom is 0.419 e. The van der Waals surface area contributed by atoms with E-state index in [0.717, 1.165) is 5.56 Å². The summed E-state index contributed by atoms with van der Waals surface area (Å²) < 4.78 is 34.4. The smallest absolute Gasteiger partial charge is 0.408 e. The molecule has 0 atom stereocenters. The number of hydrogen-bond acceptors (Lipinski definition) is 4. The summed E-state index contributed by atoms with van der Waals surface area (Å²) in [5.74, 6) is -0.487. The third-order valence-corrected chi connectivity index (χ3v) is 5.42. The van der Waals surface area contributed by atoms with Crippen molar-refractivity contribution >= 4 is 21.1 Å². The van der Waals surface area contributed by atoms with Gasteiger partial charge in [0.05, 0.1) is 10.4 Å². The summed E-state index contributed by atoms with van der Waals surface area (Å²) in [6, 6.07) is 12.3. The molecule has 0 unspecified atom stereocenters. The lowest BCUT2D eigenvalue weighted by molar-refractivity contribution is 0.512. The minimum atomic E-state index is -3.71. The third kappa shape index (κ3) is 3.00. The normalized spacial score (nSPS) is 11.9. The highest BCUT2D eigenvalue weighted by Crippen LogP contribution is 2.23. The Morgan fingerprint density at radius 1 is 1.17 bits per heavy atom. The molecule has 7 heteroatoms. The zero-order valence-electron chi connectivity index (χ0n) is 13.4. The Hall–Kier alpha value is -2.38. The first-order valence-corrected chi connectivity index (χ1v) is 9.08. The molecule has 3 aromatic rings. The van der Waals surface area contributed by atoms with Crippen LogP contribution in [0.1, 0.15) is 18.1 Å². The van der Waals surface area contributed by atoms with Crippen LogP contribution >= 0.6 is 0 Å². The van der Waals surface area contributed by atoms with Gasteiger partial charge in [-0.2, -0.15) is 0 Å². The monoisotopic (exact) mass is 346 g/mol. The molecule has 24 heavy (non-hydrogen) atoms. The van der Waals surface area contributed by atoms with Crippen LogP contribution in [0.2, 0.25) is 0 Å². The second-order valence-corrected chi connectivity index (χ2v) is 7.24. The van der Waals surface area contributed by atoms with Crippen LogP contribution in [-0.2, 0) is 23.1 Å². The SMILES string of the molecule is CCn1c(=O)oc2cc(S(=O)(=O)NCc3ccccc3)c(C)cc21. The second kappa shape index (κ2) is 6.26. The zero-order valence-corrected chi connectivity index (χ0v) is 14.3. The average Bonchev–Trinajstić information content (AvgIpc) is 2.87. The molecule has 0 saturated heterocycles. The van der Waals surface area contributed by atoms with Gasteiger partial charge in [0, 0.05) is 19.2 Å². The minimum absolute atomic E-state index is 0.114. The highest BCUT2D eigenvalue weighted by atomic mass is 32.2. The van der Waals surface area contributed by atoms with Crippen molar-refractivity contribution in [1.29, 1.82) is 0 Å². The van der Waals surface area contributed by atoms with E-state index in [1.54, 1.807) is 13.0 Å². The van der Waals surface area contributed by atoms with Crippen molar-refractivity contribution in [3.05, 3.63) is 64.1 Å². The van der Waals surface area contributed by atoms with Crippen LogP contribution in [0.15, 0.2) is 56.6 Å². The van der Waals surface area contributed by atoms with Crippen molar-refractivity contribution in [2.75, 3.05) is 0 Å². The van der Waals surface area contributed by atoms with Gasteiger partial charge >= 0.3 is 5.76 Å². The number of aryl methyl sites for hydroxylation is 2. The van der Waals surface area contributed by atoms with E-state index in [4.69, 9.17) is 4.42 Å². The van der Waals surface area contributed by atoms with Gasteiger partial charge in [0.2, 0.25) is 10.0 Å². The fourth-order valence-electron chi connectivity index (χ4n) is 2.64.